The van der Waals surface area contributed by atoms with Crippen molar-refractivity contribution in [1.29, 1.82) is 0 Å². The lowest BCUT2D eigenvalue weighted by atomic mass is 10.0. The van der Waals surface area contributed by atoms with Crippen LogP contribution in [0.5, 0.6) is 0 Å². The van der Waals surface area contributed by atoms with E-state index in [0.29, 0.717) is 12.1 Å². The second-order valence-electron chi connectivity index (χ2n) is 7.98. The fraction of sp³-hybridized carbons (Fsp3) is 0.667. The van der Waals surface area contributed by atoms with E-state index in [1.165, 1.54) is 38.0 Å². The second kappa shape index (κ2) is 8.81. The maximum atomic E-state index is 12.0. The molecule has 1 N–H and O–H groups in total. The van der Waals surface area contributed by atoms with Crippen molar-refractivity contribution in [3.8, 4) is 0 Å². The highest BCUT2D eigenvalue weighted by Crippen LogP contribution is 2.21. The summed E-state index contributed by atoms with van der Waals surface area (Å²) in [4.78, 5) is 17.2. The summed E-state index contributed by atoms with van der Waals surface area (Å²) in [5.41, 5.74) is 1.43. The zero-order valence-electron chi connectivity index (χ0n) is 15.8. The normalized spacial score (nSPS) is 25.4. The molecule has 1 amide bonds. The molecule has 0 bridgehead atoms. The second-order valence-corrected chi connectivity index (χ2v) is 7.98. The van der Waals surface area contributed by atoms with Crippen LogP contribution in [0, 0.1) is 5.92 Å². The van der Waals surface area contributed by atoms with Gasteiger partial charge in [-0.05, 0) is 44.3 Å². The molecule has 3 rings (SSSR count). The third-order valence-corrected chi connectivity index (χ3v) is 5.65. The summed E-state index contributed by atoms with van der Waals surface area (Å²) in [7, 11) is 0. The lowest BCUT2D eigenvalue weighted by Gasteiger charge is -2.37. The Kier molecular flexibility index (Phi) is 6.49. The molecule has 4 nitrogen and oxygen atoms in total. The van der Waals surface area contributed by atoms with Crippen LogP contribution < -0.4 is 5.32 Å². The molecule has 2 aliphatic heterocycles. The predicted octanol–water partition coefficient (Wildman–Crippen LogP) is 2.54. The van der Waals surface area contributed by atoms with E-state index in [1.807, 2.05) is 13.8 Å². The number of nitrogens with one attached hydrogen (secondary N) is 1. The van der Waals surface area contributed by atoms with Crippen LogP contribution in [0.1, 0.15) is 38.7 Å². The van der Waals surface area contributed by atoms with Crippen molar-refractivity contribution in [2.75, 3.05) is 32.7 Å². The van der Waals surface area contributed by atoms with E-state index >= 15 is 0 Å². The van der Waals surface area contributed by atoms with E-state index < -0.39 is 0 Å². The Bertz CT molecular complexity index is 545. The highest BCUT2D eigenvalue weighted by Gasteiger charge is 2.31. The predicted molar refractivity (Wildman–Crippen MR) is 103 cm³/mol. The van der Waals surface area contributed by atoms with Crippen molar-refractivity contribution in [2.45, 2.75) is 51.6 Å². The highest BCUT2D eigenvalue weighted by atomic mass is 16.1. The largest absolute Gasteiger partial charge is 0.352 e. The van der Waals surface area contributed by atoms with Crippen LogP contribution in [0.15, 0.2) is 30.3 Å². The minimum Gasteiger partial charge on any atom is -0.352 e. The zero-order chi connectivity index (χ0) is 17.6. The third kappa shape index (κ3) is 5.29. The molecule has 25 heavy (non-hydrogen) atoms. The first kappa shape index (κ1) is 18.4. The number of likely N-dealkylation sites (tertiary alicyclic amines) is 2. The summed E-state index contributed by atoms with van der Waals surface area (Å²) < 4.78 is 0. The van der Waals surface area contributed by atoms with E-state index in [4.69, 9.17) is 0 Å². The Morgan fingerprint density at radius 1 is 1.16 bits per heavy atom. The van der Waals surface area contributed by atoms with Crippen molar-refractivity contribution >= 4 is 5.91 Å². The number of carbonyl (C=O) groups is 1. The number of piperidine rings is 1. The van der Waals surface area contributed by atoms with Gasteiger partial charge in [0.25, 0.3) is 0 Å². The number of rotatable bonds is 6. The molecule has 2 saturated heterocycles. The van der Waals surface area contributed by atoms with Gasteiger partial charge in [-0.25, -0.2) is 0 Å². The SMILES string of the molecule is CC(C)C(=O)N[C@@H]1CCCN([C@@H]2CCN(CCc3ccccc3)C2)C1. The number of benzene rings is 1. The van der Waals surface area contributed by atoms with Crippen molar-refractivity contribution < 1.29 is 4.79 Å². The molecule has 2 atom stereocenters. The lowest BCUT2D eigenvalue weighted by molar-refractivity contribution is -0.125. The number of carbonyl (C=O) groups excluding carboxylic acids is 1. The first-order valence-electron chi connectivity index (χ1n) is 9.92. The topological polar surface area (TPSA) is 35.6 Å². The van der Waals surface area contributed by atoms with Gasteiger partial charge in [0.05, 0.1) is 0 Å². The van der Waals surface area contributed by atoms with Crippen molar-refractivity contribution in [3.05, 3.63) is 35.9 Å². The van der Waals surface area contributed by atoms with Gasteiger partial charge in [-0.15, -0.1) is 0 Å². The van der Waals surface area contributed by atoms with Gasteiger partial charge in [0.1, 0.15) is 0 Å². The number of hydrogen-bond donors (Lipinski definition) is 1. The summed E-state index contributed by atoms with van der Waals surface area (Å²) in [5, 5.41) is 3.24. The molecule has 2 fully saturated rings. The van der Waals surface area contributed by atoms with Gasteiger partial charge >= 0.3 is 0 Å². The van der Waals surface area contributed by atoms with Crippen molar-refractivity contribution in [1.82, 2.24) is 15.1 Å². The smallest absolute Gasteiger partial charge is 0.222 e. The molecular weight excluding hydrogens is 310 g/mol. The molecule has 0 unspecified atom stereocenters. The van der Waals surface area contributed by atoms with Gasteiger partial charge in [0, 0.05) is 37.6 Å². The molecule has 2 aliphatic rings. The van der Waals surface area contributed by atoms with Crippen LogP contribution >= 0.6 is 0 Å². The first-order valence-corrected chi connectivity index (χ1v) is 9.92. The average Bonchev–Trinajstić information content (AvgIpc) is 3.10. The van der Waals surface area contributed by atoms with Crippen LogP contribution in [-0.2, 0) is 11.2 Å². The van der Waals surface area contributed by atoms with Crippen molar-refractivity contribution in [2.24, 2.45) is 5.92 Å². The fourth-order valence-electron chi connectivity index (χ4n) is 4.07. The molecule has 0 saturated carbocycles. The maximum absolute atomic E-state index is 12.0. The molecule has 0 radical (unpaired) electrons. The summed E-state index contributed by atoms with van der Waals surface area (Å²) in [5.74, 6) is 0.276. The number of nitrogens with zero attached hydrogens (tertiary/aromatic N) is 2. The van der Waals surface area contributed by atoms with Crippen LogP contribution in [-0.4, -0.2) is 60.5 Å². The van der Waals surface area contributed by atoms with Crippen LogP contribution in [0.25, 0.3) is 0 Å². The first-order chi connectivity index (χ1) is 12.1. The highest BCUT2D eigenvalue weighted by molar-refractivity contribution is 5.78. The summed E-state index contributed by atoms with van der Waals surface area (Å²) in [6.45, 7) is 9.69. The van der Waals surface area contributed by atoms with E-state index in [2.05, 4.69) is 45.4 Å². The van der Waals surface area contributed by atoms with Crippen LogP contribution in [0.2, 0.25) is 0 Å². The fourth-order valence-corrected chi connectivity index (χ4v) is 4.07. The Labute approximate surface area is 152 Å². The number of hydrogen-bond acceptors (Lipinski definition) is 3. The third-order valence-electron chi connectivity index (χ3n) is 5.65. The molecule has 2 heterocycles. The molecule has 0 aromatic heterocycles. The Hall–Kier alpha value is -1.39. The van der Waals surface area contributed by atoms with Gasteiger partial charge in [-0.1, -0.05) is 44.2 Å². The molecule has 0 aliphatic carbocycles. The van der Waals surface area contributed by atoms with Crippen LogP contribution in [0.3, 0.4) is 0 Å². The standard InChI is InChI=1S/C21H33N3O/c1-17(2)21(25)22-19-9-6-12-24(15-19)20-11-14-23(16-20)13-10-18-7-4-3-5-8-18/h3-5,7-8,17,19-20H,6,9-16H2,1-2H3,(H,22,25)/t19-,20-/m1/s1. The van der Waals surface area contributed by atoms with E-state index in [-0.39, 0.29) is 11.8 Å². The lowest BCUT2D eigenvalue weighted by Crippen LogP contribution is -2.52. The van der Waals surface area contributed by atoms with E-state index in [0.717, 1.165) is 25.9 Å². The average molecular weight is 344 g/mol. The van der Waals surface area contributed by atoms with Gasteiger partial charge in [0.2, 0.25) is 5.91 Å². The molecule has 0 spiro atoms. The van der Waals surface area contributed by atoms with Gasteiger partial charge in [-0.3, -0.25) is 9.69 Å². The monoisotopic (exact) mass is 343 g/mol. The van der Waals surface area contributed by atoms with E-state index in [1.54, 1.807) is 0 Å². The number of amides is 1. The van der Waals surface area contributed by atoms with E-state index in [9.17, 15) is 4.79 Å². The Morgan fingerprint density at radius 2 is 1.96 bits per heavy atom. The van der Waals surface area contributed by atoms with Gasteiger partial charge in [0.15, 0.2) is 0 Å². The van der Waals surface area contributed by atoms with Crippen LogP contribution in [0.4, 0.5) is 0 Å². The summed E-state index contributed by atoms with van der Waals surface area (Å²) in [6, 6.07) is 11.8. The quantitative estimate of drug-likeness (QED) is 0.862. The maximum Gasteiger partial charge on any atom is 0.222 e. The minimum atomic E-state index is 0.0790. The molecule has 1 aromatic carbocycles. The Balaban J connectivity index is 1.44. The minimum absolute atomic E-state index is 0.0790. The Morgan fingerprint density at radius 3 is 2.72 bits per heavy atom. The van der Waals surface area contributed by atoms with Gasteiger partial charge in [-0.2, -0.15) is 0 Å². The van der Waals surface area contributed by atoms with Crippen molar-refractivity contribution in [3.63, 3.8) is 0 Å². The van der Waals surface area contributed by atoms with Gasteiger partial charge < -0.3 is 10.2 Å². The summed E-state index contributed by atoms with van der Waals surface area (Å²) in [6.07, 6.45) is 4.73. The molecule has 138 valence electrons. The summed E-state index contributed by atoms with van der Waals surface area (Å²) >= 11 is 0. The molecular formula is C21H33N3O. The molecule has 1 aromatic rings. The molecule has 4 heteroatoms. The zero-order valence-corrected chi connectivity index (χ0v) is 15.8.